The highest BCUT2D eigenvalue weighted by atomic mass is 16.7. The number of benzene rings is 3. The molecule has 1 heterocycles. The average molecular weight is 535 g/mol. The SMILES string of the molecule is CC(=O)OCC1OC(O)[C@@H](OC(=O)c2ccccc2)[C@H](OC(=O)c2ccccc2)C1OC(=O)c1ccccc1. The van der Waals surface area contributed by atoms with E-state index in [1.54, 1.807) is 54.6 Å². The molecule has 0 amide bonds. The molecule has 0 saturated carbocycles. The lowest BCUT2D eigenvalue weighted by Gasteiger charge is -2.42. The van der Waals surface area contributed by atoms with Gasteiger partial charge in [-0.05, 0) is 36.4 Å². The predicted molar refractivity (Wildman–Crippen MR) is 134 cm³/mol. The van der Waals surface area contributed by atoms with Gasteiger partial charge in [0.25, 0.3) is 0 Å². The first-order chi connectivity index (χ1) is 18.8. The van der Waals surface area contributed by atoms with Gasteiger partial charge in [-0.2, -0.15) is 0 Å². The van der Waals surface area contributed by atoms with Crippen molar-refractivity contribution in [2.75, 3.05) is 6.61 Å². The summed E-state index contributed by atoms with van der Waals surface area (Å²) in [6.45, 7) is 0.722. The zero-order valence-corrected chi connectivity index (χ0v) is 20.9. The Morgan fingerprint density at radius 1 is 0.641 bits per heavy atom. The first kappa shape index (κ1) is 27.5. The summed E-state index contributed by atoms with van der Waals surface area (Å²) in [6.07, 6.45) is -7.67. The minimum atomic E-state index is -1.82. The number of aliphatic hydroxyl groups excluding tert-OH is 1. The fourth-order valence-electron chi connectivity index (χ4n) is 3.93. The van der Waals surface area contributed by atoms with Gasteiger partial charge in [0.15, 0.2) is 24.6 Å². The minimum Gasteiger partial charge on any atom is -0.463 e. The van der Waals surface area contributed by atoms with Crippen molar-refractivity contribution in [1.29, 1.82) is 0 Å². The third-order valence-electron chi connectivity index (χ3n) is 5.82. The molecule has 3 aromatic carbocycles. The fourth-order valence-corrected chi connectivity index (χ4v) is 3.93. The van der Waals surface area contributed by atoms with E-state index in [1.165, 1.54) is 43.3 Å². The lowest BCUT2D eigenvalue weighted by atomic mass is 9.97. The average Bonchev–Trinajstić information content (AvgIpc) is 2.96. The highest BCUT2D eigenvalue weighted by Gasteiger charge is 2.52. The maximum absolute atomic E-state index is 13.1. The van der Waals surface area contributed by atoms with Gasteiger partial charge in [-0.25, -0.2) is 14.4 Å². The van der Waals surface area contributed by atoms with Crippen molar-refractivity contribution < 1.29 is 48.0 Å². The molecule has 1 aliphatic heterocycles. The summed E-state index contributed by atoms with van der Waals surface area (Å²) in [5.41, 5.74) is 0.509. The second kappa shape index (κ2) is 12.8. The zero-order chi connectivity index (χ0) is 27.8. The zero-order valence-electron chi connectivity index (χ0n) is 20.9. The lowest BCUT2D eigenvalue weighted by Crippen LogP contribution is -2.62. The molecule has 1 saturated heterocycles. The van der Waals surface area contributed by atoms with E-state index >= 15 is 0 Å². The molecule has 5 atom stereocenters. The molecular weight excluding hydrogens is 508 g/mol. The van der Waals surface area contributed by atoms with Crippen molar-refractivity contribution >= 4 is 23.9 Å². The Labute approximate surface area is 224 Å². The van der Waals surface area contributed by atoms with Crippen LogP contribution in [0.25, 0.3) is 0 Å². The molecule has 1 N–H and O–H groups in total. The highest BCUT2D eigenvalue weighted by molar-refractivity contribution is 5.91. The van der Waals surface area contributed by atoms with E-state index in [4.69, 9.17) is 23.7 Å². The van der Waals surface area contributed by atoms with E-state index in [0.717, 1.165) is 0 Å². The summed E-state index contributed by atoms with van der Waals surface area (Å²) in [4.78, 5) is 50.5. The first-order valence-electron chi connectivity index (χ1n) is 12.1. The first-order valence-corrected chi connectivity index (χ1v) is 12.1. The topological polar surface area (TPSA) is 135 Å². The molecule has 10 heteroatoms. The molecular formula is C29H26O10. The van der Waals surface area contributed by atoms with Crippen molar-refractivity contribution in [3.8, 4) is 0 Å². The van der Waals surface area contributed by atoms with E-state index in [9.17, 15) is 24.3 Å². The molecule has 3 unspecified atom stereocenters. The van der Waals surface area contributed by atoms with Gasteiger partial charge in [0.2, 0.25) is 0 Å². The largest absolute Gasteiger partial charge is 0.463 e. The Kier molecular flexibility index (Phi) is 9.03. The Morgan fingerprint density at radius 2 is 1.03 bits per heavy atom. The molecule has 202 valence electrons. The van der Waals surface area contributed by atoms with Crippen molar-refractivity contribution in [3.63, 3.8) is 0 Å². The Bertz CT molecular complexity index is 1280. The van der Waals surface area contributed by atoms with Crippen molar-refractivity contribution in [2.45, 2.75) is 37.6 Å². The summed E-state index contributed by atoms with van der Waals surface area (Å²) >= 11 is 0. The van der Waals surface area contributed by atoms with Gasteiger partial charge < -0.3 is 28.8 Å². The van der Waals surface area contributed by atoms with Gasteiger partial charge in [0, 0.05) is 6.92 Å². The molecule has 39 heavy (non-hydrogen) atoms. The number of rotatable bonds is 8. The summed E-state index contributed by atoms with van der Waals surface area (Å²) in [7, 11) is 0. The maximum Gasteiger partial charge on any atom is 0.338 e. The van der Waals surface area contributed by atoms with E-state index in [2.05, 4.69) is 0 Å². The number of carbonyl (C=O) groups is 4. The van der Waals surface area contributed by atoms with E-state index in [-0.39, 0.29) is 16.7 Å². The molecule has 1 aliphatic rings. The van der Waals surface area contributed by atoms with Crippen LogP contribution in [0.1, 0.15) is 38.0 Å². The lowest BCUT2D eigenvalue weighted by molar-refractivity contribution is -0.285. The third kappa shape index (κ3) is 7.07. The molecule has 10 nitrogen and oxygen atoms in total. The summed E-state index contributed by atoms with van der Waals surface area (Å²) in [5, 5.41) is 10.9. The van der Waals surface area contributed by atoms with Crippen LogP contribution in [0.3, 0.4) is 0 Å². The Hall–Kier alpha value is -4.54. The van der Waals surface area contributed by atoms with Gasteiger partial charge in [0.1, 0.15) is 12.7 Å². The number of esters is 4. The standard InChI is InChI=1S/C29H26O10/c1-18(30)35-17-22-23(37-26(31)19-11-5-2-6-12-19)24(38-27(32)20-13-7-3-8-14-20)25(29(34)36-22)39-28(33)21-15-9-4-10-16-21/h2-16,22-25,29,34H,17H2,1H3/t22?,23?,24-,25+,29?/m1/s1. The quantitative estimate of drug-likeness (QED) is 0.339. The van der Waals surface area contributed by atoms with Gasteiger partial charge in [0.05, 0.1) is 16.7 Å². The second-order valence-electron chi connectivity index (χ2n) is 8.58. The van der Waals surface area contributed by atoms with Gasteiger partial charge in [-0.3, -0.25) is 4.79 Å². The molecule has 4 rings (SSSR count). The predicted octanol–water partition coefficient (Wildman–Crippen LogP) is 2.94. The van der Waals surface area contributed by atoms with E-state index in [0.29, 0.717) is 0 Å². The molecule has 3 aromatic rings. The molecule has 0 radical (unpaired) electrons. The monoisotopic (exact) mass is 534 g/mol. The van der Waals surface area contributed by atoms with Crippen LogP contribution in [0.15, 0.2) is 91.0 Å². The molecule has 0 aliphatic carbocycles. The van der Waals surface area contributed by atoms with Crippen LogP contribution in [0, 0.1) is 0 Å². The smallest absolute Gasteiger partial charge is 0.338 e. The summed E-state index contributed by atoms with van der Waals surface area (Å²) < 4.78 is 27.6. The van der Waals surface area contributed by atoms with Crippen LogP contribution in [-0.4, -0.2) is 66.3 Å². The normalized spacial score (nSPS) is 22.3. The minimum absolute atomic E-state index is 0.163. The Morgan fingerprint density at radius 3 is 1.44 bits per heavy atom. The van der Waals surface area contributed by atoms with Crippen LogP contribution < -0.4 is 0 Å². The third-order valence-corrected chi connectivity index (χ3v) is 5.82. The van der Waals surface area contributed by atoms with Crippen molar-refractivity contribution in [1.82, 2.24) is 0 Å². The fraction of sp³-hybridized carbons (Fsp3) is 0.241. The number of carbonyl (C=O) groups excluding carboxylic acids is 4. The number of hydrogen-bond acceptors (Lipinski definition) is 10. The molecule has 1 fully saturated rings. The molecule has 0 aromatic heterocycles. The summed E-state index contributed by atoms with van der Waals surface area (Å²) in [5.74, 6) is -3.13. The van der Waals surface area contributed by atoms with Gasteiger partial charge in [-0.15, -0.1) is 0 Å². The van der Waals surface area contributed by atoms with Crippen LogP contribution in [0.2, 0.25) is 0 Å². The maximum atomic E-state index is 13.1. The van der Waals surface area contributed by atoms with Gasteiger partial charge in [-0.1, -0.05) is 54.6 Å². The highest BCUT2D eigenvalue weighted by Crippen LogP contribution is 2.30. The molecule has 0 bridgehead atoms. The number of ether oxygens (including phenoxy) is 5. The van der Waals surface area contributed by atoms with Crippen molar-refractivity contribution in [2.24, 2.45) is 0 Å². The van der Waals surface area contributed by atoms with Crippen LogP contribution >= 0.6 is 0 Å². The van der Waals surface area contributed by atoms with E-state index in [1.807, 2.05) is 0 Å². The van der Waals surface area contributed by atoms with Crippen molar-refractivity contribution in [3.05, 3.63) is 108 Å². The molecule has 0 spiro atoms. The number of hydrogen-bond donors (Lipinski definition) is 1. The van der Waals surface area contributed by atoms with Crippen LogP contribution in [-0.2, 0) is 28.5 Å². The van der Waals surface area contributed by atoms with Crippen LogP contribution in [0.4, 0.5) is 0 Å². The number of aliphatic hydroxyl groups is 1. The van der Waals surface area contributed by atoms with Gasteiger partial charge >= 0.3 is 23.9 Å². The summed E-state index contributed by atoms with van der Waals surface area (Å²) in [6, 6.07) is 23.9. The Balaban J connectivity index is 1.69. The van der Waals surface area contributed by atoms with Crippen LogP contribution in [0.5, 0.6) is 0 Å². The second-order valence-corrected chi connectivity index (χ2v) is 8.58. The van der Waals surface area contributed by atoms with E-state index < -0.39 is 61.2 Å².